The number of alkyl halides is 1. The molecule has 20 heavy (non-hydrogen) atoms. The summed E-state index contributed by atoms with van der Waals surface area (Å²) in [4.78, 5) is 0. The van der Waals surface area contributed by atoms with Crippen LogP contribution in [0.3, 0.4) is 0 Å². The summed E-state index contributed by atoms with van der Waals surface area (Å²) in [5.41, 5.74) is 0. The van der Waals surface area contributed by atoms with Crippen LogP contribution >= 0.6 is 22.6 Å². The minimum Gasteiger partial charge on any atom is -0.406 e. The summed E-state index contributed by atoms with van der Waals surface area (Å²) >= 11 is 2.37. The molecular formula is C15H34INO2Si. The highest BCUT2D eigenvalue weighted by atomic mass is 127. The van der Waals surface area contributed by atoms with Crippen molar-refractivity contribution in [2.24, 2.45) is 11.3 Å². The third-order valence-electron chi connectivity index (χ3n) is 3.46. The highest BCUT2D eigenvalue weighted by Crippen LogP contribution is 2.15. The van der Waals surface area contributed by atoms with E-state index < -0.39 is 9.20 Å². The van der Waals surface area contributed by atoms with Crippen molar-refractivity contribution in [3.05, 3.63) is 0 Å². The lowest BCUT2D eigenvalue weighted by Gasteiger charge is -2.18. The van der Waals surface area contributed by atoms with Gasteiger partial charge in [0.1, 0.15) is 0 Å². The predicted octanol–water partition coefficient (Wildman–Crippen LogP) is 4.02. The first kappa shape index (κ1) is 20.8. The molecule has 5 heteroatoms. The van der Waals surface area contributed by atoms with E-state index in [0.717, 1.165) is 36.7 Å². The maximum absolute atomic E-state index is 6.01. The van der Waals surface area contributed by atoms with E-state index in [1.54, 1.807) is 0 Å². The van der Waals surface area contributed by atoms with Crippen LogP contribution < -0.4 is 5.40 Å². The van der Waals surface area contributed by atoms with Gasteiger partial charge in [0.2, 0.25) is 9.20 Å². The van der Waals surface area contributed by atoms with Crippen molar-refractivity contribution in [1.82, 2.24) is 0 Å². The zero-order chi connectivity index (χ0) is 15.1. The second-order valence-electron chi connectivity index (χ2n) is 5.47. The van der Waals surface area contributed by atoms with Gasteiger partial charge in [-0.2, -0.15) is 0 Å². The summed E-state index contributed by atoms with van der Waals surface area (Å²) in [6.07, 6.45) is 8.69. The van der Waals surface area contributed by atoms with Gasteiger partial charge in [-0.25, -0.2) is 0 Å². The van der Waals surface area contributed by atoms with Crippen molar-refractivity contribution in [2.45, 2.75) is 64.8 Å². The molecule has 2 unspecified atom stereocenters. The van der Waals surface area contributed by atoms with Crippen LogP contribution in [0, 0.1) is 5.92 Å². The molecule has 0 heterocycles. The van der Waals surface area contributed by atoms with Crippen LogP contribution in [0.15, 0.2) is 0 Å². The van der Waals surface area contributed by atoms with Crippen molar-refractivity contribution in [2.75, 3.05) is 24.2 Å². The predicted molar refractivity (Wildman–Crippen MR) is 99.0 cm³/mol. The minimum absolute atomic E-state index is 0.652. The van der Waals surface area contributed by atoms with E-state index in [4.69, 9.17) is 14.6 Å². The molecule has 0 aromatic carbocycles. The third-order valence-corrected chi connectivity index (χ3v) is 6.78. The number of hydrogen-bond donors (Lipinski definition) is 1. The van der Waals surface area contributed by atoms with E-state index in [1.165, 1.54) is 38.5 Å². The summed E-state index contributed by atoms with van der Waals surface area (Å²) in [7, 11) is -1.38. The molecule has 0 spiro atoms. The van der Waals surface area contributed by atoms with Gasteiger partial charge in [0.25, 0.3) is 0 Å². The molecule has 0 radical (unpaired) electrons. The van der Waals surface area contributed by atoms with Gasteiger partial charge in [0, 0.05) is 24.2 Å². The lowest BCUT2D eigenvalue weighted by atomic mass is 9.99. The quantitative estimate of drug-likeness (QED) is 0.190. The molecule has 2 atom stereocenters. The summed E-state index contributed by atoms with van der Waals surface area (Å²) in [5, 5.41) is 6.01. The highest BCUT2D eigenvalue weighted by Gasteiger charge is 2.11. The zero-order valence-corrected chi connectivity index (χ0v) is 16.7. The summed E-state index contributed by atoms with van der Waals surface area (Å²) in [6, 6.07) is 1.08. The molecule has 0 aliphatic rings. The van der Waals surface area contributed by atoms with E-state index in [1.807, 2.05) is 0 Å². The van der Waals surface area contributed by atoms with Gasteiger partial charge in [-0.05, 0) is 31.2 Å². The molecule has 0 saturated carbocycles. The smallest absolute Gasteiger partial charge is 0.250 e. The summed E-state index contributed by atoms with van der Waals surface area (Å²) in [5.74, 6) is 0.652. The van der Waals surface area contributed by atoms with Crippen LogP contribution in [0.4, 0.5) is 0 Å². The first-order valence-electron chi connectivity index (χ1n) is 8.25. The molecule has 0 bridgehead atoms. The molecule has 0 aromatic rings. The summed E-state index contributed by atoms with van der Waals surface area (Å²) < 4.78 is 12.7. The van der Waals surface area contributed by atoms with Gasteiger partial charge in [0.05, 0.1) is 0 Å². The van der Waals surface area contributed by atoms with Gasteiger partial charge < -0.3 is 14.6 Å². The van der Waals surface area contributed by atoms with Crippen LogP contribution in [0.2, 0.25) is 6.04 Å². The molecule has 2 N–H and O–H groups in total. The zero-order valence-electron chi connectivity index (χ0n) is 13.4. The first-order valence-corrected chi connectivity index (χ1v) is 11.7. The fraction of sp³-hybridized carbons (Fsp3) is 1.00. The molecule has 0 saturated heterocycles. The number of rotatable bonds is 15. The Balaban J connectivity index is 3.78. The van der Waals surface area contributed by atoms with Crippen molar-refractivity contribution < 1.29 is 9.16 Å². The van der Waals surface area contributed by atoms with Crippen molar-refractivity contribution in [3.63, 3.8) is 0 Å². The van der Waals surface area contributed by atoms with E-state index in [2.05, 4.69) is 36.4 Å². The molecule has 3 nitrogen and oxygen atoms in total. The van der Waals surface area contributed by atoms with Crippen LogP contribution in [0.1, 0.15) is 58.8 Å². The van der Waals surface area contributed by atoms with Gasteiger partial charge in [-0.1, -0.05) is 62.1 Å². The minimum atomic E-state index is -1.38. The maximum Gasteiger partial charge on any atom is 0.250 e. The number of ether oxygens (including phenoxy) is 1. The monoisotopic (exact) mass is 415 g/mol. The van der Waals surface area contributed by atoms with Crippen LogP contribution in [-0.4, -0.2) is 33.5 Å². The van der Waals surface area contributed by atoms with E-state index in [-0.39, 0.29) is 0 Å². The van der Waals surface area contributed by atoms with Crippen molar-refractivity contribution in [3.8, 4) is 0 Å². The third kappa shape index (κ3) is 13.8. The molecule has 0 rings (SSSR count). The highest BCUT2D eigenvalue weighted by molar-refractivity contribution is 14.1. The standard InChI is InChI=1S/C15H34INO2Si/c1-3-5-7-8-15(14-18-11-6-4-2)9-12-19-20(17)13-10-16/h15,20H,3-14,17H2,1-2H3. The molecule has 0 aliphatic carbocycles. The molecule has 0 aliphatic heterocycles. The fourth-order valence-corrected chi connectivity index (χ4v) is 4.73. The number of unbranched alkanes of at least 4 members (excludes halogenated alkanes) is 3. The molecule has 0 fully saturated rings. The number of hydrogen-bond acceptors (Lipinski definition) is 3. The Morgan fingerprint density at radius 3 is 2.45 bits per heavy atom. The second kappa shape index (κ2) is 16.2. The molecule has 0 aromatic heterocycles. The second-order valence-corrected chi connectivity index (χ2v) is 8.53. The Hall–Kier alpha value is 0.827. The lowest BCUT2D eigenvalue weighted by molar-refractivity contribution is 0.0836. The van der Waals surface area contributed by atoms with Gasteiger partial charge in [0.15, 0.2) is 0 Å². The van der Waals surface area contributed by atoms with Gasteiger partial charge in [-0.15, -0.1) is 0 Å². The molecule has 0 amide bonds. The van der Waals surface area contributed by atoms with Crippen LogP contribution in [0.25, 0.3) is 0 Å². The van der Waals surface area contributed by atoms with E-state index >= 15 is 0 Å². The fourth-order valence-electron chi connectivity index (χ4n) is 2.07. The number of nitrogens with two attached hydrogens (primary N) is 1. The van der Waals surface area contributed by atoms with E-state index in [0.29, 0.717) is 5.92 Å². The Kier molecular flexibility index (Phi) is 16.9. The van der Waals surface area contributed by atoms with Crippen molar-refractivity contribution >= 4 is 31.8 Å². The Morgan fingerprint density at radius 1 is 1.05 bits per heavy atom. The normalized spacial score (nSPS) is 14.4. The van der Waals surface area contributed by atoms with Crippen molar-refractivity contribution in [1.29, 1.82) is 0 Å². The lowest BCUT2D eigenvalue weighted by Crippen LogP contribution is -2.31. The number of halogens is 1. The van der Waals surface area contributed by atoms with Gasteiger partial charge >= 0.3 is 0 Å². The largest absolute Gasteiger partial charge is 0.406 e. The van der Waals surface area contributed by atoms with E-state index in [9.17, 15) is 0 Å². The topological polar surface area (TPSA) is 44.5 Å². The summed E-state index contributed by atoms with van der Waals surface area (Å²) in [6.45, 7) is 7.10. The molecule has 122 valence electrons. The maximum atomic E-state index is 6.01. The SMILES string of the molecule is CCCCCC(CCO[SiH](N)CCI)COCCCC. The average molecular weight is 415 g/mol. The average Bonchev–Trinajstić information content (AvgIpc) is 2.43. The molecular weight excluding hydrogens is 381 g/mol. The Morgan fingerprint density at radius 2 is 1.80 bits per heavy atom. The van der Waals surface area contributed by atoms with Crippen LogP contribution in [0.5, 0.6) is 0 Å². The Bertz CT molecular complexity index is 199. The van der Waals surface area contributed by atoms with Gasteiger partial charge in [-0.3, -0.25) is 0 Å². The Labute approximate surface area is 141 Å². The van der Waals surface area contributed by atoms with Crippen LogP contribution in [-0.2, 0) is 9.16 Å². The first-order chi connectivity index (χ1) is 9.74.